The van der Waals surface area contributed by atoms with Crippen molar-refractivity contribution in [2.75, 3.05) is 29.9 Å². The summed E-state index contributed by atoms with van der Waals surface area (Å²) in [6, 6.07) is 4.20. The van der Waals surface area contributed by atoms with Crippen molar-refractivity contribution in [1.82, 2.24) is 4.98 Å². The number of aromatic nitrogens is 1. The van der Waals surface area contributed by atoms with Crippen LogP contribution < -0.4 is 10.2 Å². The monoisotopic (exact) mass is 249 g/mol. The molecule has 0 radical (unpaired) electrons. The van der Waals surface area contributed by atoms with E-state index in [1.807, 2.05) is 6.20 Å². The molecule has 0 fully saturated rings. The maximum atomic E-state index is 4.50. The lowest BCUT2D eigenvalue weighted by molar-refractivity contribution is 0.390. The zero-order chi connectivity index (χ0) is 13.6. The molecule has 0 saturated heterocycles. The fourth-order valence-electron chi connectivity index (χ4n) is 1.81. The van der Waals surface area contributed by atoms with E-state index in [0.717, 1.165) is 37.6 Å². The van der Waals surface area contributed by atoms with Crippen molar-refractivity contribution in [3.8, 4) is 0 Å². The molecule has 0 atom stereocenters. The van der Waals surface area contributed by atoms with Gasteiger partial charge in [0.1, 0.15) is 5.82 Å². The van der Waals surface area contributed by atoms with Gasteiger partial charge in [0.2, 0.25) is 0 Å². The fourth-order valence-corrected chi connectivity index (χ4v) is 1.81. The SMILES string of the molecule is CCN(CC)c1ccc(NCCC(C)(C)C)cn1. The molecule has 0 aliphatic rings. The third-order valence-electron chi connectivity index (χ3n) is 3.04. The van der Waals surface area contributed by atoms with E-state index < -0.39 is 0 Å². The predicted octanol–water partition coefficient (Wildman–Crippen LogP) is 3.78. The molecule has 1 aromatic rings. The molecule has 0 aliphatic heterocycles. The van der Waals surface area contributed by atoms with Crippen molar-refractivity contribution in [3.05, 3.63) is 18.3 Å². The van der Waals surface area contributed by atoms with E-state index in [1.165, 1.54) is 0 Å². The summed E-state index contributed by atoms with van der Waals surface area (Å²) in [4.78, 5) is 6.75. The first-order valence-electron chi connectivity index (χ1n) is 6.91. The number of hydrogen-bond acceptors (Lipinski definition) is 3. The van der Waals surface area contributed by atoms with Gasteiger partial charge in [0, 0.05) is 19.6 Å². The first-order valence-corrected chi connectivity index (χ1v) is 6.91. The van der Waals surface area contributed by atoms with Gasteiger partial charge < -0.3 is 10.2 Å². The molecule has 1 rings (SSSR count). The Bertz CT molecular complexity index is 334. The van der Waals surface area contributed by atoms with Gasteiger partial charge in [0.15, 0.2) is 0 Å². The largest absolute Gasteiger partial charge is 0.384 e. The van der Waals surface area contributed by atoms with Gasteiger partial charge in [-0.15, -0.1) is 0 Å². The number of rotatable bonds is 6. The van der Waals surface area contributed by atoms with E-state index >= 15 is 0 Å². The van der Waals surface area contributed by atoms with Gasteiger partial charge in [0.25, 0.3) is 0 Å². The molecule has 102 valence electrons. The average molecular weight is 249 g/mol. The van der Waals surface area contributed by atoms with Crippen LogP contribution in [0.15, 0.2) is 18.3 Å². The van der Waals surface area contributed by atoms with Crippen LogP contribution >= 0.6 is 0 Å². The van der Waals surface area contributed by atoms with Gasteiger partial charge in [-0.25, -0.2) is 4.98 Å². The van der Waals surface area contributed by atoms with Crippen molar-refractivity contribution < 1.29 is 0 Å². The van der Waals surface area contributed by atoms with E-state index in [9.17, 15) is 0 Å². The van der Waals surface area contributed by atoms with E-state index in [0.29, 0.717) is 5.41 Å². The summed E-state index contributed by atoms with van der Waals surface area (Å²) in [5.41, 5.74) is 1.48. The summed E-state index contributed by atoms with van der Waals surface area (Å²) >= 11 is 0. The van der Waals surface area contributed by atoms with Gasteiger partial charge in [-0.2, -0.15) is 0 Å². The fraction of sp³-hybridized carbons (Fsp3) is 0.667. The molecule has 0 bridgehead atoms. The van der Waals surface area contributed by atoms with Crippen molar-refractivity contribution in [1.29, 1.82) is 0 Å². The Labute approximate surface area is 112 Å². The highest BCUT2D eigenvalue weighted by Gasteiger charge is 2.09. The van der Waals surface area contributed by atoms with Crippen LogP contribution in [0, 0.1) is 5.41 Å². The summed E-state index contributed by atoms with van der Waals surface area (Å²) in [6.07, 6.45) is 3.08. The molecule has 0 aromatic carbocycles. The highest BCUT2D eigenvalue weighted by Crippen LogP contribution is 2.19. The van der Waals surface area contributed by atoms with Gasteiger partial charge in [-0.05, 0) is 37.8 Å². The Kier molecular flexibility index (Phi) is 5.45. The Balaban J connectivity index is 2.50. The average Bonchev–Trinajstić information content (AvgIpc) is 2.31. The number of pyridine rings is 1. The number of hydrogen-bond donors (Lipinski definition) is 1. The molecule has 0 spiro atoms. The van der Waals surface area contributed by atoms with Crippen LogP contribution in [0.2, 0.25) is 0 Å². The normalized spacial score (nSPS) is 11.4. The number of nitrogens with zero attached hydrogens (tertiary/aromatic N) is 2. The zero-order valence-corrected chi connectivity index (χ0v) is 12.5. The molecule has 3 heteroatoms. The molecular weight excluding hydrogens is 222 g/mol. The standard InChI is InChI=1S/C15H27N3/c1-6-18(7-2)14-9-8-13(12-17-14)16-11-10-15(3,4)5/h8-9,12,16H,6-7,10-11H2,1-5H3. The Morgan fingerprint density at radius 3 is 2.28 bits per heavy atom. The Hall–Kier alpha value is -1.25. The lowest BCUT2D eigenvalue weighted by Crippen LogP contribution is -2.22. The molecule has 0 unspecified atom stereocenters. The lowest BCUT2D eigenvalue weighted by Gasteiger charge is -2.20. The predicted molar refractivity (Wildman–Crippen MR) is 80.4 cm³/mol. The molecular formula is C15H27N3. The van der Waals surface area contributed by atoms with Crippen LogP contribution in [0.4, 0.5) is 11.5 Å². The molecule has 1 heterocycles. The lowest BCUT2D eigenvalue weighted by atomic mass is 9.92. The third-order valence-corrected chi connectivity index (χ3v) is 3.04. The zero-order valence-electron chi connectivity index (χ0n) is 12.5. The van der Waals surface area contributed by atoms with Gasteiger partial charge in [-0.1, -0.05) is 20.8 Å². The molecule has 0 saturated carbocycles. The second-order valence-corrected chi connectivity index (χ2v) is 5.81. The summed E-state index contributed by atoms with van der Waals surface area (Å²) in [6.45, 7) is 14.1. The maximum absolute atomic E-state index is 4.50. The first-order chi connectivity index (χ1) is 8.46. The summed E-state index contributed by atoms with van der Waals surface area (Å²) < 4.78 is 0. The smallest absolute Gasteiger partial charge is 0.128 e. The van der Waals surface area contributed by atoms with Crippen LogP contribution in [-0.2, 0) is 0 Å². The molecule has 1 N–H and O–H groups in total. The molecule has 0 aliphatic carbocycles. The van der Waals surface area contributed by atoms with Crippen LogP contribution in [0.3, 0.4) is 0 Å². The number of anilines is 2. The maximum Gasteiger partial charge on any atom is 0.128 e. The van der Waals surface area contributed by atoms with Crippen LogP contribution in [0.1, 0.15) is 41.0 Å². The Morgan fingerprint density at radius 1 is 1.17 bits per heavy atom. The van der Waals surface area contributed by atoms with E-state index in [-0.39, 0.29) is 0 Å². The molecule has 1 aromatic heterocycles. The van der Waals surface area contributed by atoms with E-state index in [4.69, 9.17) is 0 Å². The van der Waals surface area contributed by atoms with Crippen molar-refractivity contribution in [2.24, 2.45) is 5.41 Å². The topological polar surface area (TPSA) is 28.2 Å². The summed E-state index contributed by atoms with van der Waals surface area (Å²) in [5, 5.41) is 3.42. The van der Waals surface area contributed by atoms with E-state index in [2.05, 4.69) is 62.0 Å². The minimum absolute atomic E-state index is 0.377. The van der Waals surface area contributed by atoms with Crippen molar-refractivity contribution >= 4 is 11.5 Å². The first kappa shape index (κ1) is 14.8. The second kappa shape index (κ2) is 6.62. The van der Waals surface area contributed by atoms with Crippen molar-refractivity contribution in [3.63, 3.8) is 0 Å². The highest BCUT2D eigenvalue weighted by atomic mass is 15.2. The summed E-state index contributed by atoms with van der Waals surface area (Å²) in [7, 11) is 0. The molecule has 0 amide bonds. The van der Waals surface area contributed by atoms with Crippen LogP contribution in [-0.4, -0.2) is 24.6 Å². The van der Waals surface area contributed by atoms with E-state index in [1.54, 1.807) is 0 Å². The molecule has 18 heavy (non-hydrogen) atoms. The van der Waals surface area contributed by atoms with Gasteiger partial charge >= 0.3 is 0 Å². The number of nitrogens with one attached hydrogen (secondary N) is 1. The third kappa shape index (κ3) is 4.94. The van der Waals surface area contributed by atoms with Gasteiger partial charge in [0.05, 0.1) is 11.9 Å². The summed E-state index contributed by atoms with van der Waals surface area (Å²) in [5.74, 6) is 1.06. The molecule has 3 nitrogen and oxygen atoms in total. The highest BCUT2D eigenvalue weighted by molar-refractivity contribution is 5.48. The van der Waals surface area contributed by atoms with Crippen LogP contribution in [0.25, 0.3) is 0 Å². The Morgan fingerprint density at radius 2 is 1.83 bits per heavy atom. The second-order valence-electron chi connectivity index (χ2n) is 5.81. The quantitative estimate of drug-likeness (QED) is 0.831. The van der Waals surface area contributed by atoms with Gasteiger partial charge in [-0.3, -0.25) is 0 Å². The minimum atomic E-state index is 0.377. The van der Waals surface area contributed by atoms with Crippen LogP contribution in [0.5, 0.6) is 0 Å². The minimum Gasteiger partial charge on any atom is -0.384 e. The van der Waals surface area contributed by atoms with Crippen molar-refractivity contribution in [2.45, 2.75) is 41.0 Å².